The number of benzene rings is 4. The molecule has 0 unspecified atom stereocenters. The largest absolute Gasteiger partial charge is 0.456 e. The Hall–Kier alpha value is -7.43. The molecule has 52 heavy (non-hydrogen) atoms. The van der Waals surface area contributed by atoms with Crippen molar-refractivity contribution < 1.29 is 4.42 Å². The number of fused-ring (bicyclic) bond motifs is 7. The maximum atomic E-state index is 11.4. The highest BCUT2D eigenvalue weighted by atomic mass is 16.3. The van der Waals surface area contributed by atoms with Gasteiger partial charge in [-0.25, -0.2) is 0 Å². The summed E-state index contributed by atoms with van der Waals surface area (Å²) in [7, 11) is 0. The van der Waals surface area contributed by atoms with Gasteiger partial charge in [-0.1, -0.05) is 60.7 Å². The molecular formula is C45H26N6O. The zero-order chi connectivity index (χ0) is 34.6. The second-order valence-electron chi connectivity index (χ2n) is 12.6. The molecular weight excluding hydrogens is 641 g/mol. The van der Waals surface area contributed by atoms with Gasteiger partial charge in [0.05, 0.1) is 27.7 Å². The van der Waals surface area contributed by atoms with Gasteiger partial charge in [0.2, 0.25) is 0 Å². The molecule has 0 saturated heterocycles. The van der Waals surface area contributed by atoms with Crippen molar-refractivity contribution in [2.45, 2.75) is 0 Å². The van der Waals surface area contributed by atoms with Gasteiger partial charge in [0.15, 0.2) is 0 Å². The van der Waals surface area contributed by atoms with Gasteiger partial charge in [-0.3, -0.25) is 19.9 Å². The molecule has 10 aromatic rings. The number of nitrogens with zero attached hydrogens (tertiary/aromatic N) is 6. The molecule has 0 radical (unpaired) electrons. The molecule has 242 valence electrons. The van der Waals surface area contributed by atoms with Crippen LogP contribution >= 0.6 is 0 Å². The molecule has 0 fully saturated rings. The predicted octanol–water partition coefficient (Wildman–Crippen LogP) is 10.8. The SMILES string of the molecule is N#Cc1c(-c2cccnc2)c(-c2cccnc2)c(-c2cccnc2)c(-n2c3ccccc3c3ccc4oc5ccccc5c4c32)c1-c1cccnc1. The lowest BCUT2D eigenvalue weighted by atomic mass is 9.80. The van der Waals surface area contributed by atoms with E-state index in [1.54, 1.807) is 24.8 Å². The topological polar surface area (TPSA) is 93.4 Å². The second-order valence-corrected chi connectivity index (χ2v) is 12.6. The number of nitriles is 1. The Bertz CT molecular complexity index is 3000. The third kappa shape index (κ3) is 4.38. The minimum atomic E-state index is 0.498. The summed E-state index contributed by atoms with van der Waals surface area (Å²) in [5.74, 6) is 0. The average Bonchev–Trinajstić information content (AvgIpc) is 3.77. The molecule has 0 N–H and O–H groups in total. The van der Waals surface area contributed by atoms with E-state index in [-0.39, 0.29) is 0 Å². The van der Waals surface area contributed by atoms with Crippen LogP contribution in [-0.2, 0) is 0 Å². The fourth-order valence-corrected chi connectivity index (χ4v) is 7.75. The zero-order valence-corrected chi connectivity index (χ0v) is 27.6. The number of furan rings is 1. The van der Waals surface area contributed by atoms with Crippen LogP contribution in [0.5, 0.6) is 0 Å². The van der Waals surface area contributed by atoms with Gasteiger partial charge in [-0.05, 0) is 48.5 Å². The van der Waals surface area contributed by atoms with E-state index in [9.17, 15) is 5.26 Å². The van der Waals surface area contributed by atoms with Gasteiger partial charge < -0.3 is 8.98 Å². The minimum Gasteiger partial charge on any atom is -0.456 e. The lowest BCUT2D eigenvalue weighted by Crippen LogP contribution is -2.08. The number of hydrogen-bond donors (Lipinski definition) is 0. The molecule has 6 heterocycles. The van der Waals surface area contributed by atoms with Crippen LogP contribution in [0.25, 0.3) is 93.9 Å². The molecule has 0 aliphatic heterocycles. The van der Waals surface area contributed by atoms with Gasteiger partial charge in [-0.15, -0.1) is 0 Å². The van der Waals surface area contributed by atoms with E-state index in [4.69, 9.17) is 4.42 Å². The van der Waals surface area contributed by atoms with Gasteiger partial charge in [0, 0.05) is 110 Å². The van der Waals surface area contributed by atoms with Crippen LogP contribution < -0.4 is 0 Å². The molecule has 0 atom stereocenters. The first-order valence-corrected chi connectivity index (χ1v) is 16.9. The summed E-state index contributed by atoms with van der Waals surface area (Å²) in [6.45, 7) is 0. The Kier molecular flexibility index (Phi) is 6.73. The number of para-hydroxylation sites is 2. The summed E-state index contributed by atoms with van der Waals surface area (Å²) in [6.07, 6.45) is 14.4. The molecule has 10 rings (SSSR count). The second kappa shape index (κ2) is 11.9. The Labute approximate surface area is 297 Å². The third-order valence-corrected chi connectivity index (χ3v) is 9.78. The quantitative estimate of drug-likeness (QED) is 0.181. The normalized spacial score (nSPS) is 11.4. The lowest BCUT2D eigenvalue weighted by Gasteiger charge is -2.26. The predicted molar refractivity (Wildman–Crippen MR) is 206 cm³/mol. The van der Waals surface area contributed by atoms with Crippen molar-refractivity contribution in [3.05, 3.63) is 164 Å². The summed E-state index contributed by atoms with van der Waals surface area (Å²) >= 11 is 0. The molecule has 0 saturated carbocycles. The Balaban J connectivity index is 1.55. The van der Waals surface area contributed by atoms with Crippen molar-refractivity contribution in [3.63, 3.8) is 0 Å². The van der Waals surface area contributed by atoms with E-state index in [1.807, 2.05) is 85.5 Å². The van der Waals surface area contributed by atoms with Crippen molar-refractivity contribution in [1.29, 1.82) is 5.26 Å². The maximum absolute atomic E-state index is 11.4. The first-order chi connectivity index (χ1) is 25.8. The van der Waals surface area contributed by atoms with E-state index >= 15 is 0 Å². The lowest BCUT2D eigenvalue weighted by molar-refractivity contribution is 0.669. The Morgan fingerprint density at radius 2 is 1.04 bits per heavy atom. The number of hydrogen-bond acceptors (Lipinski definition) is 6. The van der Waals surface area contributed by atoms with Gasteiger partial charge in [0.1, 0.15) is 17.2 Å². The van der Waals surface area contributed by atoms with Crippen LogP contribution in [-0.4, -0.2) is 24.5 Å². The molecule has 4 aromatic carbocycles. The Morgan fingerprint density at radius 1 is 0.481 bits per heavy atom. The summed E-state index contributed by atoms with van der Waals surface area (Å²) in [6, 6.07) is 39.3. The highest BCUT2D eigenvalue weighted by Gasteiger charge is 2.31. The van der Waals surface area contributed by atoms with E-state index in [1.165, 1.54) is 0 Å². The van der Waals surface area contributed by atoms with Gasteiger partial charge in [0.25, 0.3) is 0 Å². The van der Waals surface area contributed by atoms with Crippen molar-refractivity contribution in [2.75, 3.05) is 0 Å². The third-order valence-electron chi connectivity index (χ3n) is 9.78. The van der Waals surface area contributed by atoms with Crippen molar-refractivity contribution in [3.8, 4) is 56.3 Å². The molecule has 0 spiro atoms. The summed E-state index contributed by atoms with van der Waals surface area (Å²) < 4.78 is 8.82. The molecule has 0 aliphatic carbocycles. The van der Waals surface area contributed by atoms with Crippen molar-refractivity contribution >= 4 is 43.7 Å². The van der Waals surface area contributed by atoms with E-state index in [0.29, 0.717) is 5.56 Å². The standard InChI is InChI=1S/C45H26N6O/c46-23-35-39(28-9-5-19-47-24-28)41(30-11-7-21-49-26-30)42(31-12-8-22-50-27-31)45(40(35)29-10-6-20-48-25-29)51-36-15-3-1-13-32(36)33-17-18-38-43(44(33)51)34-14-2-4-16-37(34)52-38/h1-22,24-27H. The van der Waals surface area contributed by atoms with E-state index < -0.39 is 0 Å². The summed E-state index contributed by atoms with van der Waals surface area (Å²) in [5.41, 5.74) is 11.5. The minimum absolute atomic E-state index is 0.498. The van der Waals surface area contributed by atoms with Crippen molar-refractivity contribution in [1.82, 2.24) is 24.5 Å². The zero-order valence-electron chi connectivity index (χ0n) is 27.6. The first kappa shape index (κ1) is 29.5. The van der Waals surface area contributed by atoms with Crippen molar-refractivity contribution in [2.24, 2.45) is 0 Å². The van der Waals surface area contributed by atoms with Gasteiger partial charge in [-0.2, -0.15) is 5.26 Å². The maximum Gasteiger partial charge on any atom is 0.137 e. The summed E-state index contributed by atoms with van der Waals surface area (Å²) in [4.78, 5) is 18.3. The fraction of sp³-hybridized carbons (Fsp3) is 0. The van der Waals surface area contributed by atoms with E-state index in [2.05, 4.69) is 79.1 Å². The summed E-state index contributed by atoms with van der Waals surface area (Å²) in [5, 5.41) is 15.6. The first-order valence-electron chi connectivity index (χ1n) is 16.9. The van der Waals surface area contributed by atoms with Crippen LogP contribution in [0.1, 0.15) is 5.56 Å². The molecule has 6 aromatic heterocycles. The van der Waals surface area contributed by atoms with Crippen LogP contribution in [0, 0.1) is 11.3 Å². The Morgan fingerprint density at radius 3 is 1.65 bits per heavy atom. The molecule has 0 aliphatic rings. The number of aromatic nitrogens is 5. The number of pyridine rings is 4. The van der Waals surface area contributed by atoms with Crippen LogP contribution in [0.3, 0.4) is 0 Å². The van der Waals surface area contributed by atoms with Crippen LogP contribution in [0.2, 0.25) is 0 Å². The highest BCUT2D eigenvalue weighted by Crippen LogP contribution is 2.52. The molecule has 7 nitrogen and oxygen atoms in total. The number of rotatable bonds is 5. The molecule has 0 bridgehead atoms. The van der Waals surface area contributed by atoms with Crippen LogP contribution in [0.15, 0.2) is 163 Å². The smallest absolute Gasteiger partial charge is 0.137 e. The fourth-order valence-electron chi connectivity index (χ4n) is 7.75. The van der Waals surface area contributed by atoms with E-state index in [0.717, 1.165) is 93.9 Å². The van der Waals surface area contributed by atoms with Crippen LogP contribution in [0.4, 0.5) is 0 Å². The monoisotopic (exact) mass is 666 g/mol. The molecule has 7 heteroatoms. The molecule has 0 amide bonds. The van der Waals surface area contributed by atoms with Gasteiger partial charge >= 0.3 is 0 Å². The average molecular weight is 667 g/mol. The highest BCUT2D eigenvalue weighted by molar-refractivity contribution is 6.25.